The summed E-state index contributed by atoms with van der Waals surface area (Å²) in [6, 6.07) is 7.74. The summed E-state index contributed by atoms with van der Waals surface area (Å²) in [4.78, 5) is 12.2. The monoisotopic (exact) mass is 291 g/mol. The highest BCUT2D eigenvalue weighted by molar-refractivity contribution is 5.82. The van der Waals surface area contributed by atoms with Gasteiger partial charge in [0.1, 0.15) is 6.54 Å². The normalized spacial score (nSPS) is 14.0. The van der Waals surface area contributed by atoms with E-state index in [2.05, 4.69) is 10.4 Å². The van der Waals surface area contributed by atoms with Crippen LogP contribution in [0.2, 0.25) is 0 Å². The van der Waals surface area contributed by atoms with E-state index in [9.17, 15) is 4.79 Å². The van der Waals surface area contributed by atoms with Crippen LogP contribution in [0.15, 0.2) is 30.5 Å². The maximum Gasteiger partial charge on any atom is 0.242 e. The van der Waals surface area contributed by atoms with E-state index in [1.807, 2.05) is 31.2 Å². The number of para-hydroxylation sites is 1. The molecule has 1 amide bonds. The number of methoxy groups -OCH3 is 1. The van der Waals surface area contributed by atoms with Crippen LogP contribution in [0.4, 0.5) is 0 Å². The molecule has 0 aliphatic heterocycles. The summed E-state index contributed by atoms with van der Waals surface area (Å²) < 4.78 is 6.78. The van der Waals surface area contributed by atoms with E-state index in [4.69, 9.17) is 9.84 Å². The van der Waals surface area contributed by atoms with Crippen molar-refractivity contribution in [3.8, 4) is 0 Å². The average molecular weight is 291 g/mol. The molecule has 0 aliphatic rings. The van der Waals surface area contributed by atoms with E-state index >= 15 is 0 Å². The molecular weight excluding hydrogens is 270 g/mol. The number of nitrogens with one attached hydrogen (secondary N) is 1. The summed E-state index contributed by atoms with van der Waals surface area (Å²) in [5.41, 5.74) is 0.340. The Morgan fingerprint density at radius 2 is 2.24 bits per heavy atom. The van der Waals surface area contributed by atoms with E-state index in [-0.39, 0.29) is 19.1 Å². The first-order valence-corrected chi connectivity index (χ1v) is 6.89. The molecule has 0 aliphatic carbocycles. The molecule has 0 radical (unpaired) electrons. The Balaban J connectivity index is 2.07. The fourth-order valence-electron chi connectivity index (χ4n) is 2.40. The Hall–Kier alpha value is -1.92. The lowest BCUT2D eigenvalue weighted by Gasteiger charge is -2.29. The van der Waals surface area contributed by atoms with Crippen LogP contribution in [0.3, 0.4) is 0 Å². The number of aromatic nitrogens is 2. The number of nitrogens with zero attached hydrogens (tertiary/aromatic N) is 2. The number of fused-ring (bicyclic) bond motifs is 1. The van der Waals surface area contributed by atoms with Gasteiger partial charge in [0, 0.05) is 19.1 Å². The Morgan fingerprint density at radius 3 is 2.95 bits per heavy atom. The van der Waals surface area contributed by atoms with Crippen LogP contribution >= 0.6 is 0 Å². The molecular formula is C15H21N3O3. The molecule has 0 fully saturated rings. The van der Waals surface area contributed by atoms with Crippen molar-refractivity contribution in [1.29, 1.82) is 0 Å². The van der Waals surface area contributed by atoms with Crippen molar-refractivity contribution in [1.82, 2.24) is 15.1 Å². The molecule has 114 valence electrons. The molecule has 2 rings (SSSR count). The summed E-state index contributed by atoms with van der Waals surface area (Å²) in [5, 5.41) is 17.3. The van der Waals surface area contributed by atoms with E-state index < -0.39 is 5.54 Å². The molecule has 6 heteroatoms. The second-order valence-corrected chi connectivity index (χ2v) is 5.38. The third-order valence-corrected chi connectivity index (χ3v) is 3.41. The average Bonchev–Trinajstić information content (AvgIpc) is 2.82. The highest BCUT2D eigenvalue weighted by atomic mass is 16.5. The number of benzene rings is 1. The lowest BCUT2D eigenvalue weighted by atomic mass is 9.99. The van der Waals surface area contributed by atoms with Crippen molar-refractivity contribution in [3.05, 3.63) is 30.5 Å². The number of carbonyl (C=O) groups is 1. The number of aliphatic hydroxyl groups is 1. The SMILES string of the molecule is COCC(C)(CCO)NC(=O)Cn1ncc2ccccc21. The quantitative estimate of drug-likeness (QED) is 0.796. The van der Waals surface area contributed by atoms with Gasteiger partial charge in [-0.1, -0.05) is 18.2 Å². The first-order valence-electron chi connectivity index (χ1n) is 6.89. The third kappa shape index (κ3) is 3.80. The molecule has 0 saturated carbocycles. The van der Waals surface area contributed by atoms with Crippen molar-refractivity contribution >= 4 is 16.8 Å². The van der Waals surface area contributed by atoms with Crippen molar-refractivity contribution in [2.24, 2.45) is 0 Å². The van der Waals surface area contributed by atoms with Gasteiger partial charge in [-0.3, -0.25) is 9.48 Å². The van der Waals surface area contributed by atoms with Crippen LogP contribution in [0.25, 0.3) is 10.9 Å². The minimum absolute atomic E-state index is 0.00909. The largest absolute Gasteiger partial charge is 0.396 e. The van der Waals surface area contributed by atoms with E-state index in [1.165, 1.54) is 0 Å². The molecule has 21 heavy (non-hydrogen) atoms. The smallest absolute Gasteiger partial charge is 0.242 e. The summed E-state index contributed by atoms with van der Waals surface area (Å²) in [5.74, 6) is -0.156. The Bertz CT molecular complexity index is 603. The molecule has 1 aromatic carbocycles. The zero-order valence-corrected chi connectivity index (χ0v) is 12.4. The number of aliphatic hydroxyl groups excluding tert-OH is 1. The van der Waals surface area contributed by atoms with Crippen LogP contribution in [-0.2, 0) is 16.1 Å². The summed E-state index contributed by atoms with van der Waals surface area (Å²) in [6.07, 6.45) is 2.18. The number of rotatable bonds is 7. The lowest BCUT2D eigenvalue weighted by molar-refractivity contribution is -0.124. The molecule has 1 aromatic heterocycles. The molecule has 2 aromatic rings. The summed E-state index contributed by atoms with van der Waals surface area (Å²) in [6.45, 7) is 2.33. The molecule has 1 heterocycles. The predicted octanol–water partition coefficient (Wildman–Crippen LogP) is 0.940. The van der Waals surface area contributed by atoms with E-state index in [0.717, 1.165) is 10.9 Å². The minimum Gasteiger partial charge on any atom is -0.396 e. The number of hydrogen-bond donors (Lipinski definition) is 2. The standard InChI is InChI=1S/C15H21N3O3/c1-15(7-8-19,11-21-2)17-14(20)10-18-13-6-4-3-5-12(13)9-16-18/h3-6,9,19H,7-8,10-11H2,1-2H3,(H,17,20). The van der Waals surface area contributed by atoms with Gasteiger partial charge in [0.2, 0.25) is 5.91 Å². The lowest BCUT2D eigenvalue weighted by Crippen LogP contribution is -2.51. The fraction of sp³-hybridized carbons (Fsp3) is 0.467. The van der Waals surface area contributed by atoms with Gasteiger partial charge in [0.25, 0.3) is 0 Å². The highest BCUT2D eigenvalue weighted by Gasteiger charge is 2.26. The topological polar surface area (TPSA) is 76.4 Å². The maximum absolute atomic E-state index is 12.2. The first-order chi connectivity index (χ1) is 10.1. The third-order valence-electron chi connectivity index (χ3n) is 3.41. The minimum atomic E-state index is -0.580. The molecule has 1 atom stereocenters. The Kier molecular flexibility index (Phi) is 4.93. The van der Waals surface area contributed by atoms with Crippen molar-refractivity contribution in [3.63, 3.8) is 0 Å². The van der Waals surface area contributed by atoms with Gasteiger partial charge in [-0.25, -0.2) is 0 Å². The fourth-order valence-corrected chi connectivity index (χ4v) is 2.40. The highest BCUT2D eigenvalue weighted by Crippen LogP contribution is 2.13. The van der Waals surface area contributed by atoms with Gasteiger partial charge in [0.15, 0.2) is 0 Å². The maximum atomic E-state index is 12.2. The Labute approximate surface area is 123 Å². The van der Waals surface area contributed by atoms with Crippen LogP contribution in [0, 0.1) is 0 Å². The zero-order chi connectivity index (χ0) is 15.3. The molecule has 1 unspecified atom stereocenters. The molecule has 0 spiro atoms. The summed E-state index contributed by atoms with van der Waals surface area (Å²) >= 11 is 0. The van der Waals surface area contributed by atoms with Crippen LogP contribution in [0.1, 0.15) is 13.3 Å². The van der Waals surface area contributed by atoms with Gasteiger partial charge in [-0.15, -0.1) is 0 Å². The second-order valence-electron chi connectivity index (χ2n) is 5.38. The predicted molar refractivity (Wildman–Crippen MR) is 79.9 cm³/mol. The van der Waals surface area contributed by atoms with E-state index in [0.29, 0.717) is 13.0 Å². The number of hydrogen-bond acceptors (Lipinski definition) is 4. The van der Waals surface area contributed by atoms with Gasteiger partial charge in [-0.05, 0) is 19.4 Å². The van der Waals surface area contributed by atoms with Crippen molar-refractivity contribution in [2.45, 2.75) is 25.4 Å². The molecule has 2 N–H and O–H groups in total. The second kappa shape index (κ2) is 6.69. The molecule has 0 bridgehead atoms. The first kappa shape index (κ1) is 15.5. The zero-order valence-electron chi connectivity index (χ0n) is 12.4. The van der Waals surface area contributed by atoms with Gasteiger partial charge in [-0.2, -0.15) is 5.10 Å². The number of ether oxygens (including phenoxy) is 1. The van der Waals surface area contributed by atoms with Crippen LogP contribution in [-0.4, -0.2) is 46.7 Å². The van der Waals surface area contributed by atoms with Crippen molar-refractivity contribution < 1.29 is 14.6 Å². The molecule has 6 nitrogen and oxygen atoms in total. The van der Waals surface area contributed by atoms with E-state index in [1.54, 1.807) is 18.0 Å². The Morgan fingerprint density at radius 1 is 1.48 bits per heavy atom. The van der Waals surface area contributed by atoms with Gasteiger partial charge in [0.05, 0.1) is 23.9 Å². The van der Waals surface area contributed by atoms with Crippen LogP contribution in [0.5, 0.6) is 0 Å². The summed E-state index contributed by atoms with van der Waals surface area (Å²) in [7, 11) is 1.57. The molecule has 0 saturated heterocycles. The van der Waals surface area contributed by atoms with Gasteiger partial charge < -0.3 is 15.2 Å². The van der Waals surface area contributed by atoms with Crippen molar-refractivity contribution in [2.75, 3.05) is 20.3 Å². The van der Waals surface area contributed by atoms with Gasteiger partial charge >= 0.3 is 0 Å². The number of amides is 1. The van der Waals surface area contributed by atoms with Crippen LogP contribution < -0.4 is 5.32 Å². The number of carbonyl (C=O) groups excluding carboxylic acids is 1.